The molecule has 2 heterocycles. The highest BCUT2D eigenvalue weighted by Gasteiger charge is 2.23. The highest BCUT2D eigenvalue weighted by atomic mass is 35.5. The average Bonchev–Trinajstić information content (AvgIpc) is 3.26. The van der Waals surface area contributed by atoms with Crippen molar-refractivity contribution in [2.75, 3.05) is 31.6 Å². The number of thiazole rings is 1. The van der Waals surface area contributed by atoms with E-state index in [1.807, 2.05) is 53.9 Å². The summed E-state index contributed by atoms with van der Waals surface area (Å²) in [4.78, 5) is 19.6. The second-order valence-corrected chi connectivity index (χ2v) is 8.14. The first-order valence-electron chi connectivity index (χ1n) is 9.99. The summed E-state index contributed by atoms with van der Waals surface area (Å²) in [5.74, 6) is 0.241. The van der Waals surface area contributed by atoms with E-state index in [1.54, 1.807) is 0 Å². The second kappa shape index (κ2) is 10.7. The normalized spacial score (nSPS) is 14.8. The van der Waals surface area contributed by atoms with Gasteiger partial charge in [-0.25, -0.2) is 4.98 Å². The van der Waals surface area contributed by atoms with Crippen molar-refractivity contribution in [1.29, 1.82) is 0 Å². The van der Waals surface area contributed by atoms with Gasteiger partial charge < -0.3 is 15.3 Å². The lowest BCUT2D eigenvalue weighted by Crippen LogP contribution is -2.35. The Bertz CT molecular complexity index is 956. The molecular weight excluding hydrogens is 418 g/mol. The van der Waals surface area contributed by atoms with Crippen LogP contribution in [0.4, 0.5) is 5.69 Å². The van der Waals surface area contributed by atoms with E-state index in [1.165, 1.54) is 16.9 Å². The molecule has 1 saturated heterocycles. The van der Waals surface area contributed by atoms with Crippen LogP contribution in [-0.2, 0) is 0 Å². The molecule has 5 nitrogen and oxygen atoms in total. The Morgan fingerprint density at radius 2 is 1.80 bits per heavy atom. The highest BCUT2D eigenvalue weighted by Crippen LogP contribution is 2.33. The molecule has 3 aromatic rings. The van der Waals surface area contributed by atoms with Gasteiger partial charge in [-0.1, -0.05) is 48.5 Å². The summed E-state index contributed by atoms with van der Waals surface area (Å²) in [5.41, 5.74) is 3.52. The number of hydrogen-bond donors (Lipinski definition) is 2. The van der Waals surface area contributed by atoms with Crippen LogP contribution in [0, 0.1) is 0 Å². The van der Waals surface area contributed by atoms with Crippen molar-refractivity contribution in [1.82, 2.24) is 9.88 Å². The summed E-state index contributed by atoms with van der Waals surface area (Å²) in [6, 6.07) is 18.0. The van der Waals surface area contributed by atoms with Crippen LogP contribution in [0.2, 0.25) is 0 Å². The number of anilines is 1. The van der Waals surface area contributed by atoms with Crippen molar-refractivity contribution in [3.63, 3.8) is 0 Å². The van der Waals surface area contributed by atoms with E-state index in [0.717, 1.165) is 48.7 Å². The number of hydrogen-bond acceptors (Lipinski definition) is 5. The topological polar surface area (TPSA) is 65.5 Å². The third-order valence-corrected chi connectivity index (χ3v) is 6.30. The first kappa shape index (κ1) is 22.4. The zero-order chi connectivity index (χ0) is 20.1. The smallest absolute Gasteiger partial charge is 0.275 e. The number of carbonyl (C=O) groups excluding carboxylic acids is 1. The minimum Gasteiger partial charge on any atom is -0.395 e. The van der Waals surface area contributed by atoms with Gasteiger partial charge in [-0.05, 0) is 43.5 Å². The molecule has 1 aliphatic rings. The van der Waals surface area contributed by atoms with Gasteiger partial charge in [-0.2, -0.15) is 0 Å². The van der Waals surface area contributed by atoms with Crippen LogP contribution in [0.25, 0.3) is 10.6 Å². The summed E-state index contributed by atoms with van der Waals surface area (Å²) >= 11 is 1.48. The van der Waals surface area contributed by atoms with Gasteiger partial charge in [0.1, 0.15) is 10.7 Å². The lowest BCUT2D eigenvalue weighted by atomic mass is 9.88. The van der Waals surface area contributed by atoms with Gasteiger partial charge in [-0.15, -0.1) is 23.7 Å². The predicted octanol–water partition coefficient (Wildman–Crippen LogP) is 4.66. The number of likely N-dealkylation sites (tertiary alicyclic amines) is 1. The molecule has 1 fully saturated rings. The zero-order valence-corrected chi connectivity index (χ0v) is 18.3. The van der Waals surface area contributed by atoms with Crippen molar-refractivity contribution in [3.05, 3.63) is 71.2 Å². The van der Waals surface area contributed by atoms with Gasteiger partial charge in [0.25, 0.3) is 5.91 Å². The number of carbonyl (C=O) groups is 1. The van der Waals surface area contributed by atoms with Gasteiger partial charge in [0, 0.05) is 23.2 Å². The van der Waals surface area contributed by atoms with Crippen LogP contribution >= 0.6 is 23.7 Å². The Balaban J connectivity index is 0.00000256. The molecular formula is C23H26ClN3O2S. The van der Waals surface area contributed by atoms with Gasteiger partial charge in [-0.3, -0.25) is 4.79 Å². The maximum atomic E-state index is 12.8. The zero-order valence-electron chi connectivity index (χ0n) is 16.7. The third kappa shape index (κ3) is 5.26. The number of amides is 1. The molecule has 0 aliphatic carbocycles. The number of nitrogens with zero attached hydrogens (tertiary/aromatic N) is 2. The largest absolute Gasteiger partial charge is 0.395 e. The van der Waals surface area contributed by atoms with E-state index in [0.29, 0.717) is 11.6 Å². The number of piperidine rings is 1. The van der Waals surface area contributed by atoms with Crippen molar-refractivity contribution < 1.29 is 9.90 Å². The monoisotopic (exact) mass is 443 g/mol. The van der Waals surface area contributed by atoms with Crippen LogP contribution in [-0.4, -0.2) is 47.1 Å². The minimum absolute atomic E-state index is 0. The number of benzene rings is 2. The molecule has 1 amide bonds. The number of nitrogens with one attached hydrogen (secondary N) is 1. The van der Waals surface area contributed by atoms with Gasteiger partial charge >= 0.3 is 0 Å². The molecule has 1 aromatic heterocycles. The fourth-order valence-corrected chi connectivity index (χ4v) is 4.66. The van der Waals surface area contributed by atoms with E-state index in [4.69, 9.17) is 5.11 Å². The van der Waals surface area contributed by atoms with Crippen LogP contribution in [0.1, 0.15) is 34.8 Å². The lowest BCUT2D eigenvalue weighted by molar-refractivity contribution is 0.102. The SMILES string of the molecule is Cl.O=C(Nc1ccccc1C1CCN(CCO)CC1)c1csc(-c2ccccc2)n1. The van der Waals surface area contributed by atoms with Gasteiger partial charge in [0.2, 0.25) is 0 Å². The number of rotatable bonds is 6. The molecule has 0 spiro atoms. The Morgan fingerprint density at radius 1 is 1.10 bits per heavy atom. The van der Waals surface area contributed by atoms with E-state index in [2.05, 4.69) is 21.3 Å². The fraction of sp³-hybridized carbons (Fsp3) is 0.304. The molecule has 0 radical (unpaired) electrons. The standard InChI is InChI=1S/C23H25N3O2S.ClH/c27-15-14-26-12-10-17(11-13-26)19-8-4-5-9-20(19)24-22(28)21-16-29-23(25-21)18-6-2-1-3-7-18;/h1-9,16-17,27H,10-15H2,(H,24,28);1H. The number of aliphatic hydroxyl groups excluding tert-OH is 1. The van der Waals surface area contributed by atoms with E-state index in [-0.39, 0.29) is 24.9 Å². The van der Waals surface area contributed by atoms with Crippen LogP contribution in [0.3, 0.4) is 0 Å². The number of halogens is 1. The first-order valence-corrected chi connectivity index (χ1v) is 10.9. The number of aromatic nitrogens is 1. The summed E-state index contributed by atoms with van der Waals surface area (Å²) in [5, 5.41) is 14.9. The second-order valence-electron chi connectivity index (χ2n) is 7.28. The van der Waals surface area contributed by atoms with E-state index in [9.17, 15) is 4.79 Å². The van der Waals surface area contributed by atoms with Gasteiger partial charge in [0.05, 0.1) is 6.61 Å². The Morgan fingerprint density at radius 3 is 2.53 bits per heavy atom. The molecule has 0 saturated carbocycles. The number of para-hydroxylation sites is 1. The maximum Gasteiger partial charge on any atom is 0.275 e. The summed E-state index contributed by atoms with van der Waals surface area (Å²) < 4.78 is 0. The lowest BCUT2D eigenvalue weighted by Gasteiger charge is -2.32. The summed E-state index contributed by atoms with van der Waals surface area (Å²) in [6.07, 6.45) is 2.06. The molecule has 1 aliphatic heterocycles. The molecule has 2 aromatic carbocycles. The Hall–Kier alpha value is -2.25. The van der Waals surface area contributed by atoms with E-state index >= 15 is 0 Å². The summed E-state index contributed by atoms with van der Waals surface area (Å²) in [6.45, 7) is 2.88. The van der Waals surface area contributed by atoms with Crippen molar-refractivity contribution in [3.8, 4) is 10.6 Å². The maximum absolute atomic E-state index is 12.8. The molecule has 4 rings (SSSR count). The van der Waals surface area contributed by atoms with Crippen molar-refractivity contribution in [2.24, 2.45) is 0 Å². The number of β-amino-alcohol motifs (C(OH)–C–C–N with tert-alkyl or cyclic N) is 1. The molecule has 158 valence electrons. The van der Waals surface area contributed by atoms with Crippen LogP contribution < -0.4 is 5.32 Å². The molecule has 0 bridgehead atoms. The fourth-order valence-electron chi connectivity index (χ4n) is 3.85. The Labute approximate surface area is 187 Å². The average molecular weight is 444 g/mol. The van der Waals surface area contributed by atoms with Crippen LogP contribution in [0.15, 0.2) is 60.0 Å². The molecule has 0 atom stereocenters. The predicted molar refractivity (Wildman–Crippen MR) is 125 cm³/mol. The van der Waals surface area contributed by atoms with Crippen molar-refractivity contribution >= 4 is 35.3 Å². The third-order valence-electron chi connectivity index (χ3n) is 5.41. The first-order chi connectivity index (χ1) is 14.2. The van der Waals surface area contributed by atoms with E-state index < -0.39 is 0 Å². The molecule has 7 heteroatoms. The Kier molecular flexibility index (Phi) is 7.99. The molecule has 2 N–H and O–H groups in total. The highest BCUT2D eigenvalue weighted by molar-refractivity contribution is 7.13. The molecule has 0 unspecified atom stereocenters. The summed E-state index contributed by atoms with van der Waals surface area (Å²) in [7, 11) is 0. The minimum atomic E-state index is -0.173. The van der Waals surface area contributed by atoms with Gasteiger partial charge in [0.15, 0.2) is 0 Å². The number of aliphatic hydroxyl groups is 1. The quantitative estimate of drug-likeness (QED) is 0.581. The van der Waals surface area contributed by atoms with Crippen molar-refractivity contribution in [2.45, 2.75) is 18.8 Å². The van der Waals surface area contributed by atoms with Crippen LogP contribution in [0.5, 0.6) is 0 Å². The molecule has 30 heavy (non-hydrogen) atoms.